The number of nitrogens with two attached hydrogens (primary N) is 1. The molecule has 0 radical (unpaired) electrons. The first kappa shape index (κ1) is 22.1. The molecule has 4 rings (SSSR count). The largest absolute Gasteiger partial charge is 0.400 e. The standard InChI is InChI=1S/C18H25N7O3.CH4O/c1-3-4-5-6-24-8-11(7-21-24)16-22-15(19)12-17(23-16)25(9-20-12)18-14(27)13(26)10(2)28-18;1-2/h7-10,13-14,18,26-27H,3-6H2,1-2H3,(H2,19,22,23);2H,1H3/t10?,13-,14-,18?;/m0./s1. The van der Waals surface area contributed by atoms with Gasteiger partial charge in [-0.15, -0.1) is 0 Å². The molecule has 4 atom stereocenters. The van der Waals surface area contributed by atoms with Gasteiger partial charge < -0.3 is 25.8 Å². The average Bonchev–Trinajstić information content (AvgIpc) is 3.45. The van der Waals surface area contributed by atoms with Crippen LogP contribution in [0, 0.1) is 0 Å². The second-order valence-corrected chi connectivity index (χ2v) is 7.17. The van der Waals surface area contributed by atoms with E-state index in [-0.39, 0.29) is 5.82 Å². The number of rotatable bonds is 6. The molecule has 1 aliphatic heterocycles. The molecule has 1 saturated heterocycles. The summed E-state index contributed by atoms with van der Waals surface area (Å²) in [5.74, 6) is 0.660. The normalized spacial score (nSPS) is 23.5. The number of aliphatic hydroxyl groups is 3. The number of unbranched alkanes of at least 4 members (excludes halogenated alkanes) is 2. The molecule has 164 valence electrons. The molecular formula is C19H29N7O4. The molecule has 5 N–H and O–H groups in total. The van der Waals surface area contributed by atoms with Gasteiger partial charge in [0.1, 0.15) is 17.7 Å². The maximum absolute atomic E-state index is 10.3. The van der Waals surface area contributed by atoms with E-state index in [1.807, 2.05) is 10.9 Å². The lowest BCUT2D eigenvalue weighted by atomic mass is 10.1. The maximum atomic E-state index is 10.3. The van der Waals surface area contributed by atoms with Crippen molar-refractivity contribution >= 4 is 17.0 Å². The Morgan fingerprint density at radius 1 is 1.17 bits per heavy atom. The zero-order valence-corrected chi connectivity index (χ0v) is 17.4. The third-order valence-electron chi connectivity index (χ3n) is 5.08. The van der Waals surface area contributed by atoms with Crippen molar-refractivity contribution in [2.24, 2.45) is 0 Å². The Morgan fingerprint density at radius 2 is 1.93 bits per heavy atom. The summed E-state index contributed by atoms with van der Waals surface area (Å²) in [5.41, 5.74) is 7.70. The number of ether oxygens (including phenoxy) is 1. The number of aryl methyl sites for hydroxylation is 1. The van der Waals surface area contributed by atoms with Crippen molar-refractivity contribution < 1.29 is 20.1 Å². The molecule has 0 amide bonds. The molecule has 0 aromatic carbocycles. The van der Waals surface area contributed by atoms with E-state index in [2.05, 4.69) is 27.0 Å². The van der Waals surface area contributed by atoms with Crippen LogP contribution in [0.3, 0.4) is 0 Å². The van der Waals surface area contributed by atoms with Gasteiger partial charge in [-0.3, -0.25) is 9.25 Å². The fourth-order valence-corrected chi connectivity index (χ4v) is 3.44. The van der Waals surface area contributed by atoms with Crippen LogP contribution in [0.1, 0.15) is 39.3 Å². The molecule has 0 saturated carbocycles. The maximum Gasteiger partial charge on any atom is 0.168 e. The Kier molecular flexibility index (Phi) is 6.98. The zero-order chi connectivity index (χ0) is 21.8. The van der Waals surface area contributed by atoms with Gasteiger partial charge >= 0.3 is 0 Å². The van der Waals surface area contributed by atoms with Crippen molar-refractivity contribution in [3.63, 3.8) is 0 Å². The summed E-state index contributed by atoms with van der Waals surface area (Å²) in [4.78, 5) is 13.2. The van der Waals surface area contributed by atoms with E-state index >= 15 is 0 Å². The van der Waals surface area contributed by atoms with Crippen molar-refractivity contribution in [1.29, 1.82) is 0 Å². The van der Waals surface area contributed by atoms with Gasteiger partial charge in [0.25, 0.3) is 0 Å². The first-order valence-corrected chi connectivity index (χ1v) is 9.98. The highest BCUT2D eigenvalue weighted by molar-refractivity contribution is 5.83. The van der Waals surface area contributed by atoms with E-state index in [1.54, 1.807) is 17.7 Å². The molecule has 2 unspecified atom stereocenters. The van der Waals surface area contributed by atoms with E-state index in [9.17, 15) is 10.2 Å². The third-order valence-corrected chi connectivity index (χ3v) is 5.08. The van der Waals surface area contributed by atoms with Gasteiger partial charge in [-0.25, -0.2) is 15.0 Å². The summed E-state index contributed by atoms with van der Waals surface area (Å²) in [6.45, 7) is 4.70. The Morgan fingerprint density at radius 3 is 2.60 bits per heavy atom. The number of imidazole rings is 1. The second-order valence-electron chi connectivity index (χ2n) is 7.17. The summed E-state index contributed by atoms with van der Waals surface area (Å²) in [5, 5.41) is 31.7. The van der Waals surface area contributed by atoms with Crippen LogP contribution in [0.15, 0.2) is 18.7 Å². The van der Waals surface area contributed by atoms with Gasteiger partial charge in [-0.05, 0) is 13.3 Å². The van der Waals surface area contributed by atoms with Gasteiger partial charge in [-0.2, -0.15) is 5.10 Å². The number of nitrogens with zero attached hydrogens (tertiary/aromatic N) is 6. The predicted molar refractivity (Wildman–Crippen MR) is 110 cm³/mol. The minimum atomic E-state index is -1.09. The Hall–Kier alpha value is -2.60. The topological polar surface area (TPSA) is 157 Å². The monoisotopic (exact) mass is 419 g/mol. The van der Waals surface area contributed by atoms with Crippen LogP contribution >= 0.6 is 0 Å². The average molecular weight is 419 g/mol. The van der Waals surface area contributed by atoms with Gasteiger partial charge in [0.05, 0.1) is 24.2 Å². The molecule has 4 heterocycles. The number of aliphatic hydroxyl groups excluding tert-OH is 3. The highest BCUT2D eigenvalue weighted by Crippen LogP contribution is 2.32. The van der Waals surface area contributed by atoms with Crippen LogP contribution < -0.4 is 5.73 Å². The minimum absolute atomic E-state index is 0.235. The fourth-order valence-electron chi connectivity index (χ4n) is 3.44. The van der Waals surface area contributed by atoms with Crippen molar-refractivity contribution in [2.75, 3.05) is 12.8 Å². The molecule has 11 heteroatoms. The number of fused-ring (bicyclic) bond motifs is 1. The number of hydrogen-bond donors (Lipinski definition) is 4. The lowest BCUT2D eigenvalue weighted by Crippen LogP contribution is -2.30. The third kappa shape index (κ3) is 4.15. The molecule has 0 spiro atoms. The molecule has 11 nitrogen and oxygen atoms in total. The minimum Gasteiger partial charge on any atom is -0.400 e. The first-order chi connectivity index (χ1) is 14.5. The summed E-state index contributed by atoms with van der Waals surface area (Å²) >= 11 is 0. The SMILES string of the molecule is CCCCCn1cc(-c2nc(N)c3ncn(C4OC(C)[C@H](O)[C@@H]4O)c3n2)cn1.CO. The Balaban J connectivity index is 0.00000124. The van der Waals surface area contributed by atoms with Gasteiger partial charge in [0.2, 0.25) is 0 Å². The van der Waals surface area contributed by atoms with E-state index < -0.39 is 24.5 Å². The number of anilines is 1. The lowest BCUT2D eigenvalue weighted by molar-refractivity contribution is -0.0299. The summed E-state index contributed by atoms with van der Waals surface area (Å²) in [6, 6.07) is 0. The van der Waals surface area contributed by atoms with Crippen molar-refractivity contribution in [1.82, 2.24) is 29.3 Å². The van der Waals surface area contributed by atoms with Crippen molar-refractivity contribution in [2.45, 2.75) is 64.2 Å². The predicted octanol–water partition coefficient (Wildman–Crippen LogP) is 0.710. The second kappa shape index (κ2) is 9.47. The molecule has 3 aromatic rings. The Bertz CT molecular complexity index is 973. The van der Waals surface area contributed by atoms with Crippen LogP contribution in [0.2, 0.25) is 0 Å². The molecule has 3 aromatic heterocycles. The smallest absolute Gasteiger partial charge is 0.168 e. The lowest BCUT2D eigenvalue weighted by Gasteiger charge is -2.16. The summed E-state index contributed by atoms with van der Waals surface area (Å²) in [7, 11) is 1.00. The van der Waals surface area contributed by atoms with Gasteiger partial charge in [0.15, 0.2) is 23.5 Å². The van der Waals surface area contributed by atoms with Crippen molar-refractivity contribution in [3.8, 4) is 11.4 Å². The van der Waals surface area contributed by atoms with Gasteiger partial charge in [0, 0.05) is 19.9 Å². The highest BCUT2D eigenvalue weighted by Gasteiger charge is 2.42. The van der Waals surface area contributed by atoms with Crippen LogP contribution in [0.4, 0.5) is 5.82 Å². The fraction of sp³-hybridized carbons (Fsp3) is 0.579. The van der Waals surface area contributed by atoms with Crippen LogP contribution in [0.5, 0.6) is 0 Å². The molecule has 1 fully saturated rings. The molecule has 0 bridgehead atoms. The first-order valence-electron chi connectivity index (χ1n) is 9.98. The van der Waals surface area contributed by atoms with Crippen LogP contribution in [-0.2, 0) is 11.3 Å². The molecular weight excluding hydrogens is 390 g/mol. The highest BCUT2D eigenvalue weighted by atomic mass is 16.6. The van der Waals surface area contributed by atoms with E-state index in [0.29, 0.717) is 17.0 Å². The quantitative estimate of drug-likeness (QED) is 0.422. The van der Waals surface area contributed by atoms with Gasteiger partial charge in [-0.1, -0.05) is 19.8 Å². The molecule has 30 heavy (non-hydrogen) atoms. The van der Waals surface area contributed by atoms with Crippen molar-refractivity contribution in [3.05, 3.63) is 18.7 Å². The van der Waals surface area contributed by atoms with Crippen LogP contribution in [-0.4, -0.2) is 70.0 Å². The number of aromatic nitrogens is 6. The Labute approximate surface area is 174 Å². The summed E-state index contributed by atoms with van der Waals surface area (Å²) in [6.07, 6.45) is 5.08. The number of hydrogen-bond acceptors (Lipinski definition) is 9. The number of nitrogen functional groups attached to an aromatic ring is 1. The zero-order valence-electron chi connectivity index (χ0n) is 17.4. The molecule has 1 aliphatic rings. The van der Waals surface area contributed by atoms with E-state index in [4.69, 9.17) is 15.6 Å². The van der Waals surface area contributed by atoms with Crippen LogP contribution in [0.25, 0.3) is 22.6 Å². The summed E-state index contributed by atoms with van der Waals surface area (Å²) < 4.78 is 9.14. The molecule has 0 aliphatic carbocycles. The van der Waals surface area contributed by atoms with E-state index in [1.165, 1.54) is 6.33 Å². The van der Waals surface area contributed by atoms with E-state index in [0.717, 1.165) is 38.5 Å².